The number of rotatable bonds is 7. The van der Waals surface area contributed by atoms with Gasteiger partial charge in [0.2, 0.25) is 5.89 Å². The Kier molecular flexibility index (Phi) is 6.11. The summed E-state index contributed by atoms with van der Waals surface area (Å²) in [5.74, 6) is 1.25. The zero-order valence-electron chi connectivity index (χ0n) is 16.0. The molecule has 3 aromatic rings. The van der Waals surface area contributed by atoms with Gasteiger partial charge >= 0.3 is 5.97 Å². The van der Waals surface area contributed by atoms with E-state index in [1.807, 2.05) is 37.3 Å². The van der Waals surface area contributed by atoms with E-state index >= 15 is 0 Å². The summed E-state index contributed by atoms with van der Waals surface area (Å²) in [4.78, 5) is 15.7. The lowest BCUT2D eigenvalue weighted by atomic mass is 10.1. The van der Waals surface area contributed by atoms with Crippen LogP contribution in [0.2, 0.25) is 0 Å². The molecule has 0 fully saturated rings. The summed E-state index contributed by atoms with van der Waals surface area (Å²) in [6, 6.07) is 13.3. The lowest BCUT2D eigenvalue weighted by molar-refractivity contribution is -0.134. The van der Waals surface area contributed by atoms with Crippen molar-refractivity contribution in [3.05, 3.63) is 71.6 Å². The first-order valence-electron chi connectivity index (χ1n) is 8.67. The van der Waals surface area contributed by atoms with Gasteiger partial charge in [-0.1, -0.05) is 23.8 Å². The van der Waals surface area contributed by atoms with Crippen molar-refractivity contribution >= 4 is 12.0 Å². The number of carbonyl (C=O) groups is 1. The minimum absolute atomic E-state index is 0.239. The van der Waals surface area contributed by atoms with Gasteiger partial charge in [-0.3, -0.25) is 0 Å². The third-order valence-electron chi connectivity index (χ3n) is 4.03. The number of hydrogen-bond acceptors (Lipinski definition) is 6. The summed E-state index contributed by atoms with van der Waals surface area (Å²) in [6.07, 6.45) is 4.57. The molecule has 1 heterocycles. The number of oxazole rings is 1. The first-order chi connectivity index (χ1) is 13.6. The van der Waals surface area contributed by atoms with Crippen molar-refractivity contribution in [3.8, 4) is 23.0 Å². The highest BCUT2D eigenvalue weighted by Crippen LogP contribution is 2.29. The molecule has 2 aromatic carbocycles. The second-order valence-corrected chi connectivity index (χ2v) is 6.07. The zero-order valence-corrected chi connectivity index (χ0v) is 16.0. The van der Waals surface area contributed by atoms with Crippen molar-refractivity contribution in [3.63, 3.8) is 0 Å². The number of benzene rings is 2. The average Bonchev–Trinajstić information content (AvgIpc) is 3.20. The van der Waals surface area contributed by atoms with Gasteiger partial charge < -0.3 is 18.6 Å². The molecule has 6 heteroatoms. The van der Waals surface area contributed by atoms with Crippen LogP contribution in [0.1, 0.15) is 16.8 Å². The quantitative estimate of drug-likeness (QED) is 0.447. The number of carbonyl (C=O) groups excluding carboxylic acids is 1. The molecular weight excluding hydrogens is 358 g/mol. The summed E-state index contributed by atoms with van der Waals surface area (Å²) < 4.78 is 21.3. The molecule has 1 aromatic heterocycles. The first kappa shape index (κ1) is 19.2. The van der Waals surface area contributed by atoms with Crippen LogP contribution in [0.3, 0.4) is 0 Å². The summed E-state index contributed by atoms with van der Waals surface area (Å²) >= 11 is 0. The Bertz CT molecular complexity index is 973. The van der Waals surface area contributed by atoms with E-state index in [-0.39, 0.29) is 6.61 Å². The molecule has 0 aliphatic carbocycles. The molecule has 28 heavy (non-hydrogen) atoms. The molecule has 0 aliphatic rings. The maximum absolute atomic E-state index is 11.2. The molecule has 0 bridgehead atoms. The fourth-order valence-electron chi connectivity index (χ4n) is 2.49. The molecule has 0 aliphatic heterocycles. The summed E-state index contributed by atoms with van der Waals surface area (Å²) in [6.45, 7) is 2.27. The molecular formula is C22H21NO5. The topological polar surface area (TPSA) is 70.8 Å². The van der Waals surface area contributed by atoms with E-state index in [1.54, 1.807) is 31.6 Å². The first-order valence-corrected chi connectivity index (χ1v) is 8.67. The Morgan fingerprint density at radius 2 is 1.89 bits per heavy atom. The highest BCUT2D eigenvalue weighted by Gasteiger charge is 2.10. The third kappa shape index (κ3) is 4.79. The standard InChI is InChI=1S/C22H21NO5/c1-15-4-8-17(9-5-15)22-23-18(14-28-22)13-27-19-10-6-16(12-20(19)25-2)7-11-21(24)26-3/h4-12,14H,13H2,1-3H3/b11-7+. The number of nitrogens with zero attached hydrogens (tertiary/aromatic N) is 1. The Balaban J connectivity index is 1.68. The van der Waals surface area contributed by atoms with Crippen LogP contribution in [-0.2, 0) is 16.1 Å². The minimum atomic E-state index is -0.422. The largest absolute Gasteiger partial charge is 0.493 e. The summed E-state index contributed by atoms with van der Waals surface area (Å²) in [5.41, 5.74) is 3.55. The van der Waals surface area contributed by atoms with Gasteiger partial charge in [-0.15, -0.1) is 0 Å². The minimum Gasteiger partial charge on any atom is -0.493 e. The Morgan fingerprint density at radius 1 is 1.11 bits per heavy atom. The van der Waals surface area contributed by atoms with E-state index in [0.29, 0.717) is 23.1 Å². The lowest BCUT2D eigenvalue weighted by Gasteiger charge is -2.10. The molecule has 3 rings (SSSR count). The van der Waals surface area contributed by atoms with Crippen LogP contribution in [-0.4, -0.2) is 25.2 Å². The normalized spacial score (nSPS) is 10.8. The number of ether oxygens (including phenoxy) is 3. The number of esters is 1. The van der Waals surface area contributed by atoms with Crippen molar-refractivity contribution in [2.45, 2.75) is 13.5 Å². The molecule has 0 spiro atoms. The zero-order chi connectivity index (χ0) is 19.9. The molecule has 144 valence electrons. The Hall–Kier alpha value is -3.54. The summed E-state index contributed by atoms with van der Waals surface area (Å²) in [5, 5.41) is 0. The predicted molar refractivity (Wildman–Crippen MR) is 105 cm³/mol. The van der Waals surface area contributed by atoms with Crippen LogP contribution in [0.15, 0.2) is 59.2 Å². The maximum Gasteiger partial charge on any atom is 0.330 e. The molecule has 0 atom stereocenters. The van der Waals surface area contributed by atoms with Gasteiger partial charge in [-0.25, -0.2) is 9.78 Å². The van der Waals surface area contributed by atoms with Gasteiger partial charge in [0.25, 0.3) is 0 Å². The number of aryl methyl sites for hydroxylation is 1. The smallest absolute Gasteiger partial charge is 0.330 e. The van der Waals surface area contributed by atoms with Gasteiger partial charge in [0.15, 0.2) is 11.5 Å². The second kappa shape index (κ2) is 8.90. The van der Waals surface area contributed by atoms with Crippen molar-refractivity contribution in [1.29, 1.82) is 0 Å². The SMILES string of the molecule is COC(=O)/C=C/c1ccc(OCc2coc(-c3ccc(C)cc3)n2)c(OC)c1. The van der Waals surface area contributed by atoms with Crippen molar-refractivity contribution in [1.82, 2.24) is 4.98 Å². The van der Waals surface area contributed by atoms with Crippen LogP contribution >= 0.6 is 0 Å². The highest BCUT2D eigenvalue weighted by atomic mass is 16.5. The molecule has 0 N–H and O–H groups in total. The molecule has 0 saturated carbocycles. The van der Waals surface area contributed by atoms with Crippen LogP contribution < -0.4 is 9.47 Å². The van der Waals surface area contributed by atoms with Crippen molar-refractivity contribution in [2.75, 3.05) is 14.2 Å². The maximum atomic E-state index is 11.2. The van der Waals surface area contributed by atoms with E-state index < -0.39 is 5.97 Å². The van der Waals surface area contributed by atoms with Gasteiger partial charge in [-0.2, -0.15) is 0 Å². The van der Waals surface area contributed by atoms with E-state index in [0.717, 1.165) is 11.1 Å². The van der Waals surface area contributed by atoms with Gasteiger partial charge in [0, 0.05) is 11.6 Å². The summed E-state index contributed by atoms with van der Waals surface area (Å²) in [7, 11) is 2.89. The predicted octanol–water partition coefficient (Wildman–Crippen LogP) is 4.42. The van der Waals surface area contributed by atoms with Crippen LogP contribution in [0.25, 0.3) is 17.5 Å². The molecule has 6 nitrogen and oxygen atoms in total. The average molecular weight is 379 g/mol. The highest BCUT2D eigenvalue weighted by molar-refractivity contribution is 5.87. The lowest BCUT2D eigenvalue weighted by Crippen LogP contribution is -1.98. The molecule has 0 unspecified atom stereocenters. The van der Waals surface area contributed by atoms with Crippen LogP contribution in [0, 0.1) is 6.92 Å². The molecule has 0 amide bonds. The van der Waals surface area contributed by atoms with E-state index in [9.17, 15) is 4.79 Å². The van der Waals surface area contributed by atoms with Crippen LogP contribution in [0.4, 0.5) is 0 Å². The van der Waals surface area contributed by atoms with E-state index in [1.165, 1.54) is 18.7 Å². The van der Waals surface area contributed by atoms with E-state index in [2.05, 4.69) is 9.72 Å². The molecule has 0 radical (unpaired) electrons. The Labute approximate surface area is 163 Å². The fraction of sp³-hybridized carbons (Fsp3) is 0.182. The van der Waals surface area contributed by atoms with Gasteiger partial charge in [0.05, 0.1) is 14.2 Å². The number of methoxy groups -OCH3 is 2. The number of aromatic nitrogens is 1. The fourth-order valence-corrected chi connectivity index (χ4v) is 2.49. The second-order valence-electron chi connectivity index (χ2n) is 6.07. The monoisotopic (exact) mass is 379 g/mol. The van der Waals surface area contributed by atoms with Crippen molar-refractivity contribution < 1.29 is 23.4 Å². The number of hydrogen-bond donors (Lipinski definition) is 0. The Morgan fingerprint density at radius 3 is 2.61 bits per heavy atom. The third-order valence-corrected chi connectivity index (χ3v) is 4.03. The van der Waals surface area contributed by atoms with Crippen LogP contribution in [0.5, 0.6) is 11.5 Å². The van der Waals surface area contributed by atoms with Gasteiger partial charge in [-0.05, 0) is 42.8 Å². The van der Waals surface area contributed by atoms with Crippen molar-refractivity contribution in [2.24, 2.45) is 0 Å². The molecule has 0 saturated heterocycles. The van der Waals surface area contributed by atoms with Gasteiger partial charge in [0.1, 0.15) is 18.6 Å². The van der Waals surface area contributed by atoms with E-state index in [4.69, 9.17) is 13.9 Å².